The highest BCUT2D eigenvalue weighted by atomic mass is 32.2. The van der Waals surface area contributed by atoms with E-state index >= 15 is 0 Å². The second-order valence-corrected chi connectivity index (χ2v) is 5.57. The maximum Gasteiger partial charge on any atom is 0.238 e. The molecule has 2 N–H and O–H groups in total. The van der Waals surface area contributed by atoms with Gasteiger partial charge in [-0.2, -0.15) is 0 Å². The average Bonchev–Trinajstić information content (AvgIpc) is 2.87. The van der Waals surface area contributed by atoms with Crippen LogP contribution < -0.4 is 10.0 Å². The first-order chi connectivity index (χ1) is 6.44. The number of carbonyl (C=O) groups is 1. The Kier molecular flexibility index (Phi) is 3.49. The monoisotopic (exact) mass is 220 g/mol. The summed E-state index contributed by atoms with van der Waals surface area (Å²) in [5, 5.41) is 2.73. The summed E-state index contributed by atoms with van der Waals surface area (Å²) in [5.74, 6) is -0.252. The molecule has 0 heterocycles. The van der Waals surface area contributed by atoms with E-state index in [1.54, 1.807) is 6.92 Å². The van der Waals surface area contributed by atoms with E-state index in [0.29, 0.717) is 0 Å². The summed E-state index contributed by atoms with van der Waals surface area (Å²) in [6.07, 6.45) is 2.00. The fraction of sp³-hybridized carbons (Fsp3) is 0.875. The summed E-state index contributed by atoms with van der Waals surface area (Å²) < 4.78 is 24.5. The first kappa shape index (κ1) is 11.5. The average molecular weight is 220 g/mol. The highest BCUT2D eigenvalue weighted by Gasteiger charge is 2.26. The Morgan fingerprint density at radius 2 is 2.07 bits per heavy atom. The van der Waals surface area contributed by atoms with Crippen molar-refractivity contribution < 1.29 is 13.2 Å². The zero-order valence-electron chi connectivity index (χ0n) is 8.41. The van der Waals surface area contributed by atoms with Gasteiger partial charge in [-0.1, -0.05) is 0 Å². The van der Waals surface area contributed by atoms with E-state index in [1.165, 1.54) is 6.92 Å². The minimum atomic E-state index is -3.29. The largest absolute Gasteiger partial charge is 0.352 e. The predicted octanol–water partition coefficient (Wildman–Crippen LogP) is -0.407. The molecule has 1 rings (SSSR count). The van der Waals surface area contributed by atoms with Crippen molar-refractivity contribution in [2.45, 2.75) is 38.8 Å². The van der Waals surface area contributed by atoms with Crippen LogP contribution in [0.15, 0.2) is 0 Å². The van der Waals surface area contributed by atoms with Gasteiger partial charge in [0, 0.05) is 6.04 Å². The molecule has 0 aliphatic heterocycles. The van der Waals surface area contributed by atoms with Crippen LogP contribution in [-0.2, 0) is 14.8 Å². The van der Waals surface area contributed by atoms with Gasteiger partial charge in [0.2, 0.25) is 15.9 Å². The minimum Gasteiger partial charge on any atom is -0.352 e. The van der Waals surface area contributed by atoms with Gasteiger partial charge >= 0.3 is 0 Å². The number of amides is 1. The zero-order chi connectivity index (χ0) is 10.8. The molecule has 0 radical (unpaired) electrons. The molecule has 0 aromatic heterocycles. The molecule has 0 aromatic rings. The maximum absolute atomic E-state index is 11.3. The van der Waals surface area contributed by atoms with Crippen LogP contribution in [0.1, 0.15) is 26.7 Å². The lowest BCUT2D eigenvalue weighted by Gasteiger charge is -2.12. The van der Waals surface area contributed by atoms with Gasteiger partial charge in [0.1, 0.15) is 0 Å². The molecular formula is C8H16N2O3S. The Labute approximate surface area is 84.3 Å². The predicted molar refractivity (Wildman–Crippen MR) is 53.2 cm³/mol. The Bertz CT molecular complexity index is 309. The van der Waals surface area contributed by atoms with Gasteiger partial charge in [-0.05, 0) is 26.7 Å². The fourth-order valence-corrected chi connectivity index (χ4v) is 1.77. The molecule has 0 spiro atoms. The standard InChI is InChI=1S/C8H16N2O3S/c1-3-14(12,13)10-6(2)8(11)9-7-4-5-7/h6-7,10H,3-5H2,1-2H3,(H,9,11). The van der Waals surface area contributed by atoms with Crippen LogP contribution in [0, 0.1) is 0 Å². The van der Waals surface area contributed by atoms with Gasteiger partial charge in [0.05, 0.1) is 11.8 Å². The molecule has 0 bridgehead atoms. The van der Waals surface area contributed by atoms with Gasteiger partial charge in [-0.15, -0.1) is 0 Å². The van der Waals surface area contributed by atoms with Gasteiger partial charge in [0.25, 0.3) is 0 Å². The minimum absolute atomic E-state index is 0.00590. The van der Waals surface area contributed by atoms with Gasteiger partial charge < -0.3 is 5.32 Å². The summed E-state index contributed by atoms with van der Waals surface area (Å²) >= 11 is 0. The van der Waals surface area contributed by atoms with Crippen LogP contribution in [0.2, 0.25) is 0 Å². The van der Waals surface area contributed by atoms with E-state index < -0.39 is 16.1 Å². The lowest BCUT2D eigenvalue weighted by molar-refractivity contribution is -0.122. The second kappa shape index (κ2) is 4.27. The Morgan fingerprint density at radius 1 is 1.50 bits per heavy atom. The SMILES string of the molecule is CCS(=O)(=O)NC(C)C(=O)NC1CC1. The lowest BCUT2D eigenvalue weighted by atomic mass is 10.3. The molecular weight excluding hydrogens is 204 g/mol. The number of carbonyl (C=O) groups excluding carboxylic acids is 1. The molecule has 1 amide bonds. The van der Waals surface area contributed by atoms with E-state index in [2.05, 4.69) is 10.0 Å². The molecule has 1 aliphatic carbocycles. The van der Waals surface area contributed by atoms with E-state index in [1.807, 2.05) is 0 Å². The molecule has 0 saturated heterocycles. The highest BCUT2D eigenvalue weighted by molar-refractivity contribution is 7.89. The molecule has 82 valence electrons. The van der Waals surface area contributed by atoms with E-state index in [-0.39, 0.29) is 17.7 Å². The quantitative estimate of drug-likeness (QED) is 0.661. The Morgan fingerprint density at radius 3 is 2.50 bits per heavy atom. The van der Waals surface area contributed by atoms with Crippen molar-refractivity contribution in [2.75, 3.05) is 5.75 Å². The van der Waals surface area contributed by atoms with Gasteiger partial charge in [-0.3, -0.25) is 4.79 Å². The van der Waals surface area contributed by atoms with Crippen molar-refractivity contribution in [1.29, 1.82) is 0 Å². The van der Waals surface area contributed by atoms with Crippen molar-refractivity contribution in [2.24, 2.45) is 0 Å². The van der Waals surface area contributed by atoms with Crippen LogP contribution in [0.3, 0.4) is 0 Å². The Balaban J connectivity index is 2.39. The Hall–Kier alpha value is -0.620. The molecule has 1 aliphatic rings. The molecule has 14 heavy (non-hydrogen) atoms. The van der Waals surface area contributed by atoms with E-state index in [0.717, 1.165) is 12.8 Å². The lowest BCUT2D eigenvalue weighted by Crippen LogP contribution is -2.45. The van der Waals surface area contributed by atoms with E-state index in [9.17, 15) is 13.2 Å². The number of nitrogens with one attached hydrogen (secondary N) is 2. The number of sulfonamides is 1. The van der Waals surface area contributed by atoms with Gasteiger partial charge in [-0.25, -0.2) is 13.1 Å². The van der Waals surface area contributed by atoms with Gasteiger partial charge in [0.15, 0.2) is 0 Å². The van der Waals surface area contributed by atoms with Crippen LogP contribution in [-0.4, -0.2) is 32.2 Å². The fourth-order valence-electron chi connectivity index (χ4n) is 0.960. The highest BCUT2D eigenvalue weighted by Crippen LogP contribution is 2.18. The third kappa shape index (κ3) is 3.63. The van der Waals surface area contributed by atoms with Crippen LogP contribution in [0.25, 0.3) is 0 Å². The first-order valence-electron chi connectivity index (χ1n) is 4.75. The summed E-state index contributed by atoms with van der Waals surface area (Å²) in [7, 11) is -3.29. The second-order valence-electron chi connectivity index (χ2n) is 3.53. The number of rotatable bonds is 5. The molecule has 1 unspecified atom stereocenters. The van der Waals surface area contributed by atoms with Crippen molar-refractivity contribution in [1.82, 2.24) is 10.0 Å². The summed E-state index contributed by atoms with van der Waals surface area (Å²) in [6.45, 7) is 3.08. The number of hydrogen-bond donors (Lipinski definition) is 2. The summed E-state index contributed by atoms with van der Waals surface area (Å²) in [4.78, 5) is 11.3. The molecule has 6 heteroatoms. The first-order valence-corrected chi connectivity index (χ1v) is 6.40. The molecule has 0 aromatic carbocycles. The van der Waals surface area contributed by atoms with Crippen molar-refractivity contribution in [3.8, 4) is 0 Å². The number of hydrogen-bond acceptors (Lipinski definition) is 3. The molecule has 1 saturated carbocycles. The van der Waals surface area contributed by atoms with Crippen LogP contribution in [0.4, 0.5) is 0 Å². The normalized spacial score (nSPS) is 19.0. The van der Waals surface area contributed by atoms with Crippen molar-refractivity contribution >= 4 is 15.9 Å². The van der Waals surface area contributed by atoms with Crippen LogP contribution in [0.5, 0.6) is 0 Å². The van der Waals surface area contributed by atoms with Crippen molar-refractivity contribution in [3.63, 3.8) is 0 Å². The van der Waals surface area contributed by atoms with E-state index in [4.69, 9.17) is 0 Å². The summed E-state index contributed by atoms with van der Waals surface area (Å²) in [6, 6.07) is -0.420. The third-order valence-electron chi connectivity index (χ3n) is 2.05. The molecule has 1 fully saturated rings. The third-order valence-corrected chi connectivity index (χ3v) is 3.53. The topological polar surface area (TPSA) is 75.3 Å². The van der Waals surface area contributed by atoms with Crippen molar-refractivity contribution in [3.05, 3.63) is 0 Å². The smallest absolute Gasteiger partial charge is 0.238 e. The molecule has 1 atom stereocenters. The summed E-state index contributed by atoms with van der Waals surface area (Å²) in [5.41, 5.74) is 0. The van der Waals surface area contributed by atoms with Crippen LogP contribution >= 0.6 is 0 Å². The molecule has 5 nitrogen and oxygen atoms in total. The zero-order valence-corrected chi connectivity index (χ0v) is 9.23. The maximum atomic E-state index is 11.3.